The van der Waals surface area contributed by atoms with Gasteiger partial charge in [0.25, 0.3) is 11.1 Å². The van der Waals surface area contributed by atoms with Gasteiger partial charge in [-0.1, -0.05) is 73.1 Å². The molecule has 0 saturated carbocycles. The largest absolute Gasteiger partial charge is 0.493 e. The molecule has 38 heavy (non-hydrogen) atoms. The van der Waals surface area contributed by atoms with Crippen molar-refractivity contribution in [1.29, 1.82) is 0 Å². The van der Waals surface area contributed by atoms with Crippen LogP contribution < -0.4 is 14.2 Å². The molecule has 4 rings (SSSR count). The van der Waals surface area contributed by atoms with Crippen LogP contribution in [-0.4, -0.2) is 36.4 Å². The summed E-state index contributed by atoms with van der Waals surface area (Å²) in [5.41, 5.74) is 2.94. The predicted octanol–water partition coefficient (Wildman–Crippen LogP) is 7.45. The van der Waals surface area contributed by atoms with E-state index >= 15 is 0 Å². The fourth-order valence-corrected chi connectivity index (χ4v) is 5.09. The molecule has 0 radical (unpaired) electrons. The van der Waals surface area contributed by atoms with Crippen LogP contribution in [0, 0.1) is 0 Å². The van der Waals surface area contributed by atoms with E-state index in [-0.39, 0.29) is 23.1 Å². The molecule has 0 aromatic heterocycles. The van der Waals surface area contributed by atoms with Gasteiger partial charge in [-0.3, -0.25) is 14.5 Å². The van der Waals surface area contributed by atoms with Crippen molar-refractivity contribution in [3.63, 3.8) is 0 Å². The average molecular weight is 597 g/mol. The quantitative estimate of drug-likeness (QED) is 0.189. The van der Waals surface area contributed by atoms with Crippen molar-refractivity contribution in [3.05, 3.63) is 92.8 Å². The molecule has 3 aromatic carbocycles. The Balaban J connectivity index is 1.36. The van der Waals surface area contributed by atoms with Gasteiger partial charge in [-0.2, -0.15) is 0 Å². The van der Waals surface area contributed by atoms with Crippen molar-refractivity contribution < 1.29 is 23.8 Å². The monoisotopic (exact) mass is 595 g/mol. The molecule has 1 heterocycles. The lowest BCUT2D eigenvalue weighted by Gasteiger charge is -2.19. The van der Waals surface area contributed by atoms with Crippen LogP contribution in [0.15, 0.2) is 76.1 Å². The third-order valence-electron chi connectivity index (χ3n) is 5.98. The molecular formula is C30H30BrNO5S. The lowest BCUT2D eigenvalue weighted by Crippen LogP contribution is -2.27. The number of methoxy groups -OCH3 is 1. The Bertz CT molecular complexity index is 1350. The number of nitrogens with zero attached hydrogens (tertiary/aromatic N) is 1. The molecule has 1 aliphatic heterocycles. The van der Waals surface area contributed by atoms with Crippen molar-refractivity contribution in [2.75, 3.05) is 20.3 Å². The van der Waals surface area contributed by atoms with E-state index in [1.54, 1.807) is 25.3 Å². The summed E-state index contributed by atoms with van der Waals surface area (Å²) in [5.74, 6) is 1.57. The Kier molecular flexibility index (Phi) is 8.84. The first-order valence-electron chi connectivity index (χ1n) is 12.2. The molecule has 8 heteroatoms. The van der Waals surface area contributed by atoms with Crippen LogP contribution in [0.5, 0.6) is 17.2 Å². The van der Waals surface area contributed by atoms with Crippen LogP contribution in [0.4, 0.5) is 4.79 Å². The van der Waals surface area contributed by atoms with Gasteiger partial charge in [-0.05, 0) is 70.3 Å². The second kappa shape index (κ2) is 12.1. The Hall–Kier alpha value is -3.23. The smallest absolute Gasteiger partial charge is 0.293 e. The third kappa shape index (κ3) is 6.79. The second-order valence-corrected chi connectivity index (χ2v) is 11.6. The van der Waals surface area contributed by atoms with Gasteiger partial charge in [-0.15, -0.1) is 0 Å². The molecular weight excluding hydrogens is 566 g/mol. The molecule has 0 unspecified atom stereocenters. The number of imide groups is 1. The lowest BCUT2D eigenvalue weighted by atomic mass is 9.87. The second-order valence-electron chi connectivity index (χ2n) is 9.74. The minimum Gasteiger partial charge on any atom is -0.493 e. The summed E-state index contributed by atoms with van der Waals surface area (Å²) in [6, 6.07) is 21.0. The summed E-state index contributed by atoms with van der Waals surface area (Å²) in [5, 5.41) is -0.294. The molecule has 1 aliphatic rings. The van der Waals surface area contributed by atoms with Gasteiger partial charge < -0.3 is 14.2 Å². The fraction of sp³-hybridized carbons (Fsp3) is 0.267. The maximum absolute atomic E-state index is 12.9. The molecule has 1 saturated heterocycles. The zero-order chi connectivity index (χ0) is 27.3. The third-order valence-corrected chi connectivity index (χ3v) is 7.66. The van der Waals surface area contributed by atoms with E-state index in [2.05, 4.69) is 48.8 Å². The predicted molar refractivity (Wildman–Crippen MR) is 155 cm³/mol. The first-order chi connectivity index (χ1) is 18.2. The van der Waals surface area contributed by atoms with E-state index in [1.165, 1.54) is 10.5 Å². The van der Waals surface area contributed by atoms with E-state index in [0.29, 0.717) is 29.6 Å². The van der Waals surface area contributed by atoms with Gasteiger partial charge >= 0.3 is 0 Å². The molecule has 1 fully saturated rings. The van der Waals surface area contributed by atoms with Gasteiger partial charge in [0, 0.05) is 4.47 Å². The van der Waals surface area contributed by atoms with Crippen molar-refractivity contribution >= 4 is 44.9 Å². The highest BCUT2D eigenvalue weighted by molar-refractivity contribution is 9.10. The summed E-state index contributed by atoms with van der Waals surface area (Å²) in [4.78, 5) is 27.1. The lowest BCUT2D eigenvalue weighted by molar-refractivity contribution is -0.123. The van der Waals surface area contributed by atoms with Crippen molar-refractivity contribution in [1.82, 2.24) is 4.90 Å². The number of halogens is 1. The Labute approximate surface area is 236 Å². The highest BCUT2D eigenvalue weighted by Crippen LogP contribution is 2.36. The van der Waals surface area contributed by atoms with Crippen molar-refractivity contribution in [2.45, 2.75) is 32.7 Å². The molecule has 0 bridgehead atoms. The van der Waals surface area contributed by atoms with E-state index < -0.39 is 0 Å². The summed E-state index contributed by atoms with van der Waals surface area (Å²) in [6.45, 7) is 7.46. The first kappa shape index (κ1) is 27.8. The number of amides is 2. The number of hydrogen-bond acceptors (Lipinski definition) is 6. The van der Waals surface area contributed by atoms with Gasteiger partial charge in [0.2, 0.25) is 0 Å². The minimum absolute atomic E-state index is 0.0958. The van der Waals surface area contributed by atoms with Gasteiger partial charge in [-0.25, -0.2) is 0 Å². The molecule has 198 valence electrons. The number of benzene rings is 3. The first-order valence-corrected chi connectivity index (χ1v) is 13.8. The number of carbonyl (C=O) groups excluding carboxylic acids is 2. The number of rotatable bonds is 9. The fourth-order valence-electron chi connectivity index (χ4n) is 3.84. The number of thioether (sulfide) groups is 1. The van der Waals surface area contributed by atoms with Crippen molar-refractivity contribution in [3.8, 4) is 17.2 Å². The van der Waals surface area contributed by atoms with Crippen LogP contribution in [0.1, 0.15) is 37.5 Å². The van der Waals surface area contributed by atoms with Gasteiger partial charge in [0.15, 0.2) is 11.5 Å². The Morgan fingerprint density at radius 3 is 2.32 bits per heavy atom. The summed E-state index contributed by atoms with van der Waals surface area (Å²) >= 11 is 4.40. The highest BCUT2D eigenvalue weighted by atomic mass is 79.9. The Morgan fingerprint density at radius 1 is 0.921 bits per heavy atom. The summed E-state index contributed by atoms with van der Waals surface area (Å²) in [7, 11) is 1.56. The van der Waals surface area contributed by atoms with Crippen LogP contribution >= 0.6 is 27.7 Å². The maximum atomic E-state index is 12.9. The standard InChI is InChI=1S/C30H30BrNO5S/c1-30(2,3)22-10-12-23(13-11-22)36-15-16-37-25-14-9-20(17-26(25)35-4)18-27-28(33)32(29(34)38-27)19-21-7-5-6-8-24(21)31/h5-14,17-18H,15-16,19H2,1-4H3/b27-18-. The highest BCUT2D eigenvalue weighted by Gasteiger charge is 2.35. The van der Waals surface area contributed by atoms with Gasteiger partial charge in [0.1, 0.15) is 19.0 Å². The number of carbonyl (C=O) groups is 2. The van der Waals surface area contributed by atoms with Crippen LogP contribution in [0.3, 0.4) is 0 Å². The number of hydrogen-bond donors (Lipinski definition) is 0. The van der Waals surface area contributed by atoms with Crippen molar-refractivity contribution in [2.24, 2.45) is 0 Å². The van der Waals surface area contributed by atoms with E-state index in [4.69, 9.17) is 14.2 Å². The minimum atomic E-state index is -0.317. The zero-order valence-electron chi connectivity index (χ0n) is 21.8. The number of ether oxygens (including phenoxy) is 3. The molecule has 6 nitrogen and oxygen atoms in total. The molecule has 0 aliphatic carbocycles. The maximum Gasteiger partial charge on any atom is 0.293 e. The zero-order valence-corrected chi connectivity index (χ0v) is 24.2. The van der Waals surface area contributed by atoms with Crippen LogP contribution in [-0.2, 0) is 16.8 Å². The van der Waals surface area contributed by atoms with Crippen LogP contribution in [0.25, 0.3) is 6.08 Å². The molecule has 0 N–H and O–H groups in total. The molecule has 2 amide bonds. The van der Waals surface area contributed by atoms with Gasteiger partial charge in [0.05, 0.1) is 18.6 Å². The average Bonchev–Trinajstić information content (AvgIpc) is 3.15. The Morgan fingerprint density at radius 2 is 1.63 bits per heavy atom. The summed E-state index contributed by atoms with van der Waals surface area (Å²) in [6.07, 6.45) is 1.70. The van der Waals surface area contributed by atoms with E-state index in [9.17, 15) is 9.59 Å². The molecule has 0 spiro atoms. The topological polar surface area (TPSA) is 65.1 Å². The normalized spacial score (nSPS) is 14.8. The van der Waals surface area contributed by atoms with E-state index in [0.717, 1.165) is 33.1 Å². The SMILES string of the molecule is COc1cc(/C=C2\SC(=O)N(Cc3ccccc3Br)C2=O)ccc1OCCOc1ccc(C(C)(C)C)cc1. The van der Waals surface area contributed by atoms with Crippen LogP contribution in [0.2, 0.25) is 0 Å². The molecule has 0 atom stereocenters. The summed E-state index contributed by atoms with van der Waals surface area (Å²) < 4.78 is 18.0. The molecule has 3 aromatic rings. The van der Waals surface area contributed by atoms with E-state index in [1.807, 2.05) is 42.5 Å².